The van der Waals surface area contributed by atoms with Crippen molar-refractivity contribution in [3.05, 3.63) is 65.2 Å². The lowest BCUT2D eigenvalue weighted by molar-refractivity contribution is 0.100. The predicted molar refractivity (Wildman–Crippen MR) is 102 cm³/mol. The fourth-order valence-electron chi connectivity index (χ4n) is 3.76. The Hall–Kier alpha value is -3.06. The number of nitrogens with one attached hydrogen (secondary N) is 2. The van der Waals surface area contributed by atoms with Gasteiger partial charge in [0.2, 0.25) is 0 Å². The van der Waals surface area contributed by atoms with Crippen LogP contribution in [0.4, 0.5) is 10.2 Å². The molecule has 7 heteroatoms. The number of anilines is 1. The van der Waals surface area contributed by atoms with Gasteiger partial charge in [-0.25, -0.2) is 14.4 Å². The molecule has 2 atom stereocenters. The number of carbonyl (C=O) groups is 1. The fraction of sp³-hybridized carbons (Fsp3) is 0.250. The van der Waals surface area contributed by atoms with Crippen LogP contribution in [0.2, 0.25) is 0 Å². The monoisotopic (exact) mass is 365 g/mol. The smallest absolute Gasteiger partial charge is 0.250 e. The minimum Gasteiger partial charge on any atom is -0.366 e. The summed E-state index contributed by atoms with van der Waals surface area (Å²) < 4.78 is 14.0. The van der Waals surface area contributed by atoms with Crippen LogP contribution >= 0.6 is 0 Å². The van der Waals surface area contributed by atoms with Gasteiger partial charge in [0.25, 0.3) is 5.91 Å². The Morgan fingerprint density at radius 3 is 2.85 bits per heavy atom. The average Bonchev–Trinajstić information content (AvgIpc) is 3.11. The van der Waals surface area contributed by atoms with Gasteiger partial charge in [-0.15, -0.1) is 0 Å². The number of fused-ring (bicyclic) bond motifs is 1. The second-order valence-electron chi connectivity index (χ2n) is 6.76. The van der Waals surface area contributed by atoms with Crippen LogP contribution < -0.4 is 16.4 Å². The highest BCUT2D eigenvalue weighted by molar-refractivity contribution is 6.06. The summed E-state index contributed by atoms with van der Waals surface area (Å²) >= 11 is 0. The third-order valence-corrected chi connectivity index (χ3v) is 5.18. The topological polar surface area (TPSA) is 92.9 Å². The first-order chi connectivity index (χ1) is 13.1. The van der Waals surface area contributed by atoms with E-state index in [0.717, 1.165) is 24.0 Å². The summed E-state index contributed by atoms with van der Waals surface area (Å²) in [4.78, 5) is 20.3. The lowest BCUT2D eigenvalue weighted by Crippen LogP contribution is -2.28. The third kappa shape index (κ3) is 3.10. The maximum atomic E-state index is 14.0. The van der Waals surface area contributed by atoms with Crippen LogP contribution in [0.3, 0.4) is 0 Å². The number of amides is 1. The molecule has 4 rings (SSSR count). The van der Waals surface area contributed by atoms with Gasteiger partial charge in [-0.3, -0.25) is 4.79 Å². The first-order valence-corrected chi connectivity index (χ1v) is 8.82. The molecule has 0 bridgehead atoms. The number of carbonyl (C=O) groups excluding carboxylic acids is 1. The van der Waals surface area contributed by atoms with Crippen LogP contribution in [-0.2, 0) is 0 Å². The molecule has 0 saturated carbocycles. The molecule has 0 unspecified atom stereocenters. The van der Waals surface area contributed by atoms with Crippen molar-refractivity contribution in [1.29, 1.82) is 0 Å². The number of hydrogen-bond donors (Lipinski definition) is 3. The van der Waals surface area contributed by atoms with E-state index in [4.69, 9.17) is 5.73 Å². The van der Waals surface area contributed by atoms with E-state index >= 15 is 0 Å². The maximum absolute atomic E-state index is 14.0. The van der Waals surface area contributed by atoms with Gasteiger partial charge >= 0.3 is 0 Å². The maximum Gasteiger partial charge on any atom is 0.250 e. The zero-order valence-electron chi connectivity index (χ0n) is 14.9. The van der Waals surface area contributed by atoms with Crippen molar-refractivity contribution in [2.45, 2.75) is 18.9 Å². The largest absolute Gasteiger partial charge is 0.366 e. The van der Waals surface area contributed by atoms with E-state index in [9.17, 15) is 9.18 Å². The number of rotatable bonds is 4. The van der Waals surface area contributed by atoms with Crippen LogP contribution in [0, 0.1) is 12.7 Å². The summed E-state index contributed by atoms with van der Waals surface area (Å²) in [5, 5.41) is 7.55. The molecule has 0 radical (unpaired) electrons. The zero-order valence-corrected chi connectivity index (χ0v) is 14.9. The van der Waals surface area contributed by atoms with E-state index in [1.807, 2.05) is 12.1 Å². The minimum absolute atomic E-state index is 0.0286. The molecule has 1 aromatic heterocycles. The average molecular weight is 365 g/mol. The molecule has 1 fully saturated rings. The molecule has 4 N–H and O–H groups in total. The number of halogens is 1. The summed E-state index contributed by atoms with van der Waals surface area (Å²) in [7, 11) is 0. The van der Waals surface area contributed by atoms with Crippen molar-refractivity contribution in [3.8, 4) is 0 Å². The second-order valence-corrected chi connectivity index (χ2v) is 6.76. The van der Waals surface area contributed by atoms with E-state index in [0.29, 0.717) is 22.5 Å². The Balaban J connectivity index is 1.70. The van der Waals surface area contributed by atoms with Crippen molar-refractivity contribution in [3.63, 3.8) is 0 Å². The van der Waals surface area contributed by atoms with Gasteiger partial charge in [-0.1, -0.05) is 18.2 Å². The van der Waals surface area contributed by atoms with Gasteiger partial charge in [-0.05, 0) is 36.2 Å². The number of nitrogens with two attached hydrogens (primary N) is 1. The molecular formula is C20H20FN5O. The molecule has 2 aromatic carbocycles. The molecular weight excluding hydrogens is 345 g/mol. The number of aromatic nitrogens is 2. The summed E-state index contributed by atoms with van der Waals surface area (Å²) in [6, 6.07) is 10.5. The van der Waals surface area contributed by atoms with Crippen LogP contribution in [0.1, 0.15) is 27.4 Å². The van der Waals surface area contributed by atoms with Crippen molar-refractivity contribution >= 4 is 22.6 Å². The molecule has 1 aliphatic rings. The summed E-state index contributed by atoms with van der Waals surface area (Å²) in [5.41, 5.74) is 7.99. The highest BCUT2D eigenvalue weighted by Gasteiger charge is 2.30. The molecule has 0 spiro atoms. The van der Waals surface area contributed by atoms with E-state index in [-0.39, 0.29) is 17.8 Å². The van der Waals surface area contributed by atoms with Gasteiger partial charge in [0.15, 0.2) is 0 Å². The first kappa shape index (κ1) is 17.4. The highest BCUT2D eigenvalue weighted by atomic mass is 19.1. The Morgan fingerprint density at radius 1 is 1.22 bits per heavy atom. The number of para-hydroxylation sites is 1. The standard InChI is InChI=1S/C20H20FN5O/c1-11-12(4-3-7-16(11)21)15-8-23-9-17(15)26-20-14-6-2-5-13(19(22)27)18(14)24-10-25-20/h2-7,10,15,17,23H,8-9H2,1H3,(H2,22,27)(H,24,25,26)/t15-,17+/m1/s1. The fourth-order valence-corrected chi connectivity index (χ4v) is 3.76. The summed E-state index contributed by atoms with van der Waals surface area (Å²) in [6.45, 7) is 3.28. The molecule has 1 aliphatic heterocycles. The van der Waals surface area contributed by atoms with E-state index in [1.165, 1.54) is 12.4 Å². The highest BCUT2D eigenvalue weighted by Crippen LogP contribution is 2.30. The Morgan fingerprint density at radius 2 is 2.04 bits per heavy atom. The predicted octanol–water partition coefficient (Wildman–Crippen LogP) is 2.34. The van der Waals surface area contributed by atoms with E-state index < -0.39 is 5.91 Å². The van der Waals surface area contributed by atoms with Crippen molar-refractivity contribution in [1.82, 2.24) is 15.3 Å². The van der Waals surface area contributed by atoms with Crippen molar-refractivity contribution < 1.29 is 9.18 Å². The van der Waals surface area contributed by atoms with Crippen LogP contribution in [0.15, 0.2) is 42.7 Å². The van der Waals surface area contributed by atoms with Gasteiger partial charge in [0.05, 0.1) is 11.1 Å². The quantitative estimate of drug-likeness (QED) is 0.660. The Labute approximate surface area is 156 Å². The lowest BCUT2D eigenvalue weighted by Gasteiger charge is -2.23. The molecule has 1 saturated heterocycles. The zero-order chi connectivity index (χ0) is 19.0. The first-order valence-electron chi connectivity index (χ1n) is 8.82. The van der Waals surface area contributed by atoms with E-state index in [2.05, 4.69) is 20.6 Å². The number of hydrogen-bond acceptors (Lipinski definition) is 5. The SMILES string of the molecule is Cc1c(F)cccc1[C@H]1CNC[C@@H]1Nc1ncnc2c(C(N)=O)cccc12. The molecule has 27 heavy (non-hydrogen) atoms. The molecule has 1 amide bonds. The minimum atomic E-state index is -0.527. The number of nitrogens with zero attached hydrogens (tertiary/aromatic N) is 2. The van der Waals surface area contributed by atoms with Gasteiger partial charge in [0, 0.05) is 30.4 Å². The molecule has 3 aromatic rings. The van der Waals surface area contributed by atoms with Gasteiger partial charge in [-0.2, -0.15) is 0 Å². The normalized spacial score (nSPS) is 19.3. The summed E-state index contributed by atoms with van der Waals surface area (Å²) in [5.74, 6) is 0.0127. The lowest BCUT2D eigenvalue weighted by atomic mass is 9.90. The van der Waals surface area contributed by atoms with Crippen LogP contribution in [0.25, 0.3) is 10.9 Å². The molecule has 0 aliphatic carbocycles. The third-order valence-electron chi connectivity index (χ3n) is 5.18. The Bertz CT molecular complexity index is 1020. The summed E-state index contributed by atoms with van der Waals surface area (Å²) in [6.07, 6.45) is 1.42. The van der Waals surface area contributed by atoms with Gasteiger partial charge in [0.1, 0.15) is 18.0 Å². The second kappa shape index (κ2) is 6.92. The molecule has 6 nitrogen and oxygen atoms in total. The molecule has 138 valence electrons. The van der Waals surface area contributed by atoms with E-state index in [1.54, 1.807) is 25.1 Å². The Kier molecular flexibility index (Phi) is 4.45. The number of benzene rings is 2. The van der Waals surface area contributed by atoms with Crippen molar-refractivity contribution in [2.75, 3.05) is 18.4 Å². The van der Waals surface area contributed by atoms with Crippen LogP contribution in [0.5, 0.6) is 0 Å². The van der Waals surface area contributed by atoms with Crippen LogP contribution in [-0.4, -0.2) is 35.0 Å². The van der Waals surface area contributed by atoms with Gasteiger partial charge < -0.3 is 16.4 Å². The molecule has 2 heterocycles. The number of primary amides is 1. The van der Waals surface area contributed by atoms with Crippen molar-refractivity contribution in [2.24, 2.45) is 5.73 Å².